The molecule has 1 heterocycles. The van der Waals surface area contributed by atoms with Gasteiger partial charge in [-0.3, -0.25) is 4.79 Å². The summed E-state index contributed by atoms with van der Waals surface area (Å²) in [6.45, 7) is 1.75. The van der Waals surface area contributed by atoms with Gasteiger partial charge in [0, 0.05) is 4.88 Å². The van der Waals surface area contributed by atoms with Gasteiger partial charge in [0.1, 0.15) is 0 Å². The van der Waals surface area contributed by atoms with Crippen molar-refractivity contribution in [1.82, 2.24) is 5.32 Å². The van der Waals surface area contributed by atoms with E-state index in [-0.39, 0.29) is 18.7 Å². The lowest BCUT2D eigenvalue weighted by Gasteiger charge is -2.30. The molecule has 0 fully saturated rings. The van der Waals surface area contributed by atoms with Crippen molar-refractivity contribution in [2.45, 2.75) is 25.3 Å². The molecule has 22 heavy (non-hydrogen) atoms. The molecular formula is C16H16BrNO3S. The molecule has 0 aliphatic rings. The highest BCUT2D eigenvalue weighted by Gasteiger charge is 2.40. The molecule has 0 bridgehead atoms. The molecule has 1 amide bonds. The number of amides is 1. The molecule has 1 unspecified atom stereocenters. The van der Waals surface area contributed by atoms with E-state index in [9.17, 15) is 14.7 Å². The Kier molecular flexibility index (Phi) is 5.37. The zero-order chi connectivity index (χ0) is 16.2. The van der Waals surface area contributed by atoms with Crippen molar-refractivity contribution < 1.29 is 14.7 Å². The molecule has 1 aromatic heterocycles. The summed E-state index contributed by atoms with van der Waals surface area (Å²) in [4.78, 5) is 25.0. The van der Waals surface area contributed by atoms with Gasteiger partial charge < -0.3 is 10.4 Å². The Bertz CT molecular complexity index is 671. The fraction of sp³-hybridized carbons (Fsp3) is 0.250. The Morgan fingerprint density at radius 2 is 1.91 bits per heavy atom. The average Bonchev–Trinajstić information content (AvgIpc) is 2.90. The molecule has 0 spiro atoms. The minimum Gasteiger partial charge on any atom is -0.479 e. The molecule has 0 saturated heterocycles. The summed E-state index contributed by atoms with van der Waals surface area (Å²) in [6.07, 6.45) is 0.435. The summed E-state index contributed by atoms with van der Waals surface area (Å²) in [7, 11) is 0. The number of thiophene rings is 1. The zero-order valence-electron chi connectivity index (χ0n) is 12.0. The van der Waals surface area contributed by atoms with Gasteiger partial charge in [0.15, 0.2) is 5.54 Å². The maximum atomic E-state index is 12.3. The summed E-state index contributed by atoms with van der Waals surface area (Å²) in [5.74, 6) is -1.36. The van der Waals surface area contributed by atoms with E-state index in [1.54, 1.807) is 31.2 Å². The molecular weight excluding hydrogens is 366 g/mol. The highest BCUT2D eigenvalue weighted by atomic mass is 79.9. The molecule has 1 atom stereocenters. The van der Waals surface area contributed by atoms with E-state index in [0.29, 0.717) is 5.56 Å². The average molecular weight is 382 g/mol. The summed E-state index contributed by atoms with van der Waals surface area (Å²) < 4.78 is 0.943. The highest BCUT2D eigenvalue weighted by molar-refractivity contribution is 9.11. The van der Waals surface area contributed by atoms with Gasteiger partial charge in [0.2, 0.25) is 5.91 Å². The minimum atomic E-state index is -1.40. The quantitative estimate of drug-likeness (QED) is 0.803. The molecule has 2 N–H and O–H groups in total. The van der Waals surface area contributed by atoms with E-state index >= 15 is 0 Å². The predicted molar refractivity (Wildman–Crippen MR) is 89.9 cm³/mol. The van der Waals surface area contributed by atoms with Crippen molar-refractivity contribution in [1.29, 1.82) is 0 Å². The standard InChI is InChI=1S/C16H16BrNO3S/c1-2-16(15(20)21,11-6-4-3-5-7-11)18-14(19)10-12-8-9-13(17)22-12/h3-9H,2,10H2,1H3,(H,18,19)(H,20,21). The second-order valence-electron chi connectivity index (χ2n) is 4.86. The SMILES string of the molecule is CCC(NC(=O)Cc1ccc(Br)s1)(C(=O)O)c1ccccc1. The highest BCUT2D eigenvalue weighted by Crippen LogP contribution is 2.27. The van der Waals surface area contributed by atoms with Crippen LogP contribution in [0.1, 0.15) is 23.8 Å². The number of carbonyl (C=O) groups excluding carboxylic acids is 1. The number of hydrogen-bond acceptors (Lipinski definition) is 3. The van der Waals surface area contributed by atoms with E-state index < -0.39 is 11.5 Å². The van der Waals surface area contributed by atoms with E-state index in [1.807, 2.05) is 18.2 Å². The first-order chi connectivity index (χ1) is 10.5. The van der Waals surface area contributed by atoms with Crippen LogP contribution in [0, 0.1) is 0 Å². The lowest BCUT2D eigenvalue weighted by atomic mass is 9.87. The van der Waals surface area contributed by atoms with Crippen molar-refractivity contribution in [2.75, 3.05) is 0 Å². The van der Waals surface area contributed by atoms with Gasteiger partial charge in [-0.1, -0.05) is 37.3 Å². The second-order valence-corrected chi connectivity index (χ2v) is 7.41. The van der Waals surface area contributed by atoms with Gasteiger partial charge in [0.05, 0.1) is 10.2 Å². The van der Waals surface area contributed by atoms with Crippen LogP contribution >= 0.6 is 27.3 Å². The van der Waals surface area contributed by atoms with Gasteiger partial charge in [-0.05, 0) is 40.0 Å². The lowest BCUT2D eigenvalue weighted by molar-refractivity contribution is -0.148. The monoisotopic (exact) mass is 381 g/mol. The third-order valence-electron chi connectivity index (χ3n) is 3.48. The number of hydrogen-bond donors (Lipinski definition) is 2. The van der Waals surface area contributed by atoms with Crippen molar-refractivity contribution in [3.05, 3.63) is 56.7 Å². The number of halogens is 1. The molecule has 6 heteroatoms. The van der Waals surface area contributed by atoms with Gasteiger partial charge in [-0.25, -0.2) is 4.79 Å². The number of nitrogens with one attached hydrogen (secondary N) is 1. The third-order valence-corrected chi connectivity index (χ3v) is 5.10. The Labute approximate surface area is 141 Å². The summed E-state index contributed by atoms with van der Waals surface area (Å²) in [5, 5.41) is 12.4. The Balaban J connectivity index is 2.23. The topological polar surface area (TPSA) is 66.4 Å². The summed E-state index contributed by atoms with van der Waals surface area (Å²) >= 11 is 4.81. The molecule has 0 saturated carbocycles. The summed E-state index contributed by atoms with van der Waals surface area (Å²) in [6, 6.07) is 12.5. The van der Waals surface area contributed by atoms with Crippen LogP contribution in [0.15, 0.2) is 46.3 Å². The lowest BCUT2D eigenvalue weighted by Crippen LogP contribution is -2.51. The van der Waals surface area contributed by atoms with Crippen LogP contribution in [0.25, 0.3) is 0 Å². The minimum absolute atomic E-state index is 0.165. The zero-order valence-corrected chi connectivity index (χ0v) is 14.4. The fourth-order valence-corrected chi connectivity index (χ4v) is 3.78. The van der Waals surface area contributed by atoms with E-state index in [0.717, 1.165) is 8.66 Å². The van der Waals surface area contributed by atoms with Gasteiger partial charge in [0.25, 0.3) is 0 Å². The Morgan fingerprint density at radius 1 is 1.23 bits per heavy atom. The first-order valence-corrected chi connectivity index (χ1v) is 8.43. The van der Waals surface area contributed by atoms with Gasteiger partial charge >= 0.3 is 5.97 Å². The molecule has 4 nitrogen and oxygen atoms in total. The smallest absolute Gasteiger partial charge is 0.334 e. The van der Waals surface area contributed by atoms with Gasteiger partial charge in [-0.15, -0.1) is 11.3 Å². The first kappa shape index (κ1) is 16.7. The van der Waals surface area contributed by atoms with E-state index in [2.05, 4.69) is 21.2 Å². The predicted octanol–water partition coefficient (Wildman–Crippen LogP) is 3.56. The third kappa shape index (κ3) is 3.56. The largest absolute Gasteiger partial charge is 0.479 e. The molecule has 2 aromatic rings. The van der Waals surface area contributed by atoms with Crippen molar-refractivity contribution in [3.63, 3.8) is 0 Å². The molecule has 0 aliphatic carbocycles. The number of aliphatic carboxylic acids is 1. The molecule has 1 aromatic carbocycles. The van der Waals surface area contributed by atoms with Gasteiger partial charge in [-0.2, -0.15) is 0 Å². The number of rotatable bonds is 6. The Morgan fingerprint density at radius 3 is 2.41 bits per heavy atom. The van der Waals surface area contributed by atoms with Crippen LogP contribution in [0.3, 0.4) is 0 Å². The number of carbonyl (C=O) groups is 2. The number of benzene rings is 1. The maximum absolute atomic E-state index is 12.3. The van der Waals surface area contributed by atoms with Crippen LogP contribution in [-0.2, 0) is 21.5 Å². The van der Waals surface area contributed by atoms with Crippen molar-refractivity contribution in [3.8, 4) is 0 Å². The fourth-order valence-electron chi connectivity index (χ4n) is 2.30. The Hall–Kier alpha value is -1.66. The molecule has 116 valence electrons. The van der Waals surface area contributed by atoms with E-state index in [1.165, 1.54) is 11.3 Å². The number of carboxylic acid groups (broad SMARTS) is 1. The van der Waals surface area contributed by atoms with Crippen LogP contribution in [0.5, 0.6) is 0 Å². The van der Waals surface area contributed by atoms with E-state index in [4.69, 9.17) is 0 Å². The van der Waals surface area contributed by atoms with Crippen LogP contribution in [0.4, 0.5) is 0 Å². The maximum Gasteiger partial charge on any atom is 0.334 e. The van der Waals surface area contributed by atoms with Crippen molar-refractivity contribution >= 4 is 39.1 Å². The molecule has 0 radical (unpaired) electrons. The number of carboxylic acids is 1. The molecule has 2 rings (SSSR count). The normalized spacial score (nSPS) is 13.4. The van der Waals surface area contributed by atoms with Crippen LogP contribution < -0.4 is 5.32 Å². The second kappa shape index (κ2) is 7.07. The van der Waals surface area contributed by atoms with Crippen LogP contribution in [-0.4, -0.2) is 17.0 Å². The molecule has 0 aliphatic heterocycles. The van der Waals surface area contributed by atoms with Crippen LogP contribution in [0.2, 0.25) is 0 Å². The first-order valence-electron chi connectivity index (χ1n) is 6.82. The summed E-state index contributed by atoms with van der Waals surface area (Å²) in [5.41, 5.74) is -0.821. The van der Waals surface area contributed by atoms with Crippen molar-refractivity contribution in [2.24, 2.45) is 0 Å².